The highest BCUT2D eigenvalue weighted by Crippen LogP contribution is 2.36. The van der Waals surface area contributed by atoms with Crippen LogP contribution in [-0.4, -0.2) is 12.3 Å². The van der Waals surface area contributed by atoms with Crippen molar-refractivity contribution in [3.8, 4) is 0 Å². The molecule has 92 valence electrons. The number of nitrogens with two attached hydrogens (primary N) is 1. The van der Waals surface area contributed by atoms with E-state index in [0.29, 0.717) is 13.0 Å². The first-order chi connectivity index (χ1) is 8.20. The second-order valence-electron chi connectivity index (χ2n) is 5.22. The van der Waals surface area contributed by atoms with Crippen LogP contribution in [0.25, 0.3) is 0 Å². The number of benzene rings is 1. The maximum absolute atomic E-state index is 11.9. The van der Waals surface area contributed by atoms with Crippen LogP contribution in [-0.2, 0) is 0 Å². The van der Waals surface area contributed by atoms with Crippen molar-refractivity contribution in [3.05, 3.63) is 35.4 Å². The summed E-state index contributed by atoms with van der Waals surface area (Å²) in [6.45, 7) is 2.59. The fourth-order valence-corrected chi connectivity index (χ4v) is 2.20. The van der Waals surface area contributed by atoms with Gasteiger partial charge in [0.05, 0.1) is 0 Å². The van der Waals surface area contributed by atoms with Crippen molar-refractivity contribution in [1.29, 1.82) is 0 Å². The van der Waals surface area contributed by atoms with E-state index in [0.717, 1.165) is 11.5 Å². The molecule has 0 radical (unpaired) electrons. The molecule has 0 saturated heterocycles. The molecule has 0 spiro atoms. The van der Waals surface area contributed by atoms with Crippen LogP contribution < -0.4 is 5.73 Å². The summed E-state index contributed by atoms with van der Waals surface area (Å²) in [5, 5.41) is 0. The van der Waals surface area contributed by atoms with Gasteiger partial charge >= 0.3 is 0 Å². The molecule has 0 amide bonds. The Morgan fingerprint density at radius 1 is 1.35 bits per heavy atom. The highest BCUT2D eigenvalue weighted by molar-refractivity contribution is 5.96. The molecule has 1 saturated carbocycles. The molecule has 0 bridgehead atoms. The molecule has 0 heterocycles. The summed E-state index contributed by atoms with van der Waals surface area (Å²) in [7, 11) is 0. The molecule has 0 aromatic heterocycles. The van der Waals surface area contributed by atoms with Gasteiger partial charge in [0.2, 0.25) is 0 Å². The van der Waals surface area contributed by atoms with E-state index in [1.165, 1.54) is 24.8 Å². The summed E-state index contributed by atoms with van der Waals surface area (Å²) in [6.07, 6.45) is 4.51. The Kier molecular flexibility index (Phi) is 3.95. The molecule has 1 aliphatic carbocycles. The van der Waals surface area contributed by atoms with Gasteiger partial charge in [0, 0.05) is 12.0 Å². The van der Waals surface area contributed by atoms with Gasteiger partial charge in [0.15, 0.2) is 5.78 Å². The van der Waals surface area contributed by atoms with E-state index in [1.807, 2.05) is 19.1 Å². The largest absolute Gasteiger partial charge is 0.330 e. The van der Waals surface area contributed by atoms with Gasteiger partial charge in [-0.3, -0.25) is 4.79 Å². The van der Waals surface area contributed by atoms with Crippen molar-refractivity contribution < 1.29 is 4.79 Å². The van der Waals surface area contributed by atoms with Crippen LogP contribution >= 0.6 is 0 Å². The number of Topliss-reactive ketones (excluding diaryl/α,β-unsaturated/α-hetero) is 1. The summed E-state index contributed by atoms with van der Waals surface area (Å²) in [6, 6.07) is 8.17. The quantitative estimate of drug-likeness (QED) is 0.791. The van der Waals surface area contributed by atoms with Gasteiger partial charge in [-0.25, -0.2) is 0 Å². The van der Waals surface area contributed by atoms with Gasteiger partial charge in [0.25, 0.3) is 0 Å². The molecule has 1 aromatic rings. The number of hydrogen-bond acceptors (Lipinski definition) is 2. The zero-order valence-corrected chi connectivity index (χ0v) is 10.5. The fourth-order valence-electron chi connectivity index (χ4n) is 2.20. The van der Waals surface area contributed by atoms with Crippen molar-refractivity contribution >= 4 is 5.78 Å². The molecule has 2 rings (SSSR count). The highest BCUT2D eigenvalue weighted by atomic mass is 16.1. The fraction of sp³-hybridized carbons (Fsp3) is 0.533. The molecule has 2 N–H and O–H groups in total. The maximum atomic E-state index is 11.9. The lowest BCUT2D eigenvalue weighted by molar-refractivity contribution is 0.0966. The lowest BCUT2D eigenvalue weighted by Crippen LogP contribution is -2.15. The van der Waals surface area contributed by atoms with Crippen molar-refractivity contribution in [3.63, 3.8) is 0 Å². The monoisotopic (exact) mass is 231 g/mol. The van der Waals surface area contributed by atoms with E-state index >= 15 is 0 Å². The molecule has 1 unspecified atom stereocenters. The first-order valence-electron chi connectivity index (χ1n) is 6.54. The first kappa shape index (κ1) is 12.3. The van der Waals surface area contributed by atoms with Gasteiger partial charge in [-0.15, -0.1) is 0 Å². The minimum atomic E-state index is 0.211. The zero-order valence-electron chi connectivity index (χ0n) is 10.5. The summed E-state index contributed by atoms with van der Waals surface area (Å²) in [5.41, 5.74) is 7.75. The number of carbonyl (C=O) groups is 1. The Bertz CT molecular complexity index is 378. The number of ketones is 1. The van der Waals surface area contributed by atoms with E-state index in [4.69, 9.17) is 5.73 Å². The lowest BCUT2D eigenvalue weighted by atomic mass is 9.80. The molecule has 0 aliphatic heterocycles. The van der Waals surface area contributed by atoms with Crippen LogP contribution in [0.4, 0.5) is 0 Å². The van der Waals surface area contributed by atoms with Gasteiger partial charge in [-0.2, -0.15) is 0 Å². The second kappa shape index (κ2) is 5.46. The smallest absolute Gasteiger partial charge is 0.163 e. The predicted molar refractivity (Wildman–Crippen MR) is 70.2 cm³/mol. The molecule has 1 atom stereocenters. The van der Waals surface area contributed by atoms with Crippen LogP contribution in [0.3, 0.4) is 0 Å². The first-order valence-corrected chi connectivity index (χ1v) is 6.54. The van der Waals surface area contributed by atoms with Crippen LogP contribution in [0.15, 0.2) is 24.3 Å². The Balaban J connectivity index is 1.99. The van der Waals surface area contributed by atoms with E-state index in [-0.39, 0.29) is 11.7 Å². The van der Waals surface area contributed by atoms with Crippen molar-refractivity contribution in [1.82, 2.24) is 0 Å². The second-order valence-corrected chi connectivity index (χ2v) is 5.22. The van der Waals surface area contributed by atoms with E-state index in [2.05, 4.69) is 12.1 Å². The molecule has 1 aliphatic rings. The van der Waals surface area contributed by atoms with Crippen LogP contribution in [0.1, 0.15) is 54.4 Å². The molecule has 2 heteroatoms. The molecular weight excluding hydrogens is 210 g/mol. The maximum Gasteiger partial charge on any atom is 0.163 e. The number of hydrogen-bond donors (Lipinski definition) is 1. The summed E-state index contributed by atoms with van der Waals surface area (Å²) < 4.78 is 0. The van der Waals surface area contributed by atoms with E-state index in [1.54, 1.807) is 0 Å². The SMILES string of the molecule is CC(CN)CC(=O)c1ccc(C2CCC2)cc1. The van der Waals surface area contributed by atoms with Crippen LogP contribution in [0, 0.1) is 5.92 Å². The summed E-state index contributed by atoms with van der Waals surface area (Å²) >= 11 is 0. The number of rotatable bonds is 5. The number of carbonyl (C=O) groups excluding carboxylic acids is 1. The molecule has 1 aromatic carbocycles. The van der Waals surface area contributed by atoms with Gasteiger partial charge in [-0.05, 0) is 36.8 Å². The topological polar surface area (TPSA) is 43.1 Å². The molecular formula is C15H21NO. The normalized spacial score (nSPS) is 17.5. The van der Waals surface area contributed by atoms with E-state index in [9.17, 15) is 4.79 Å². The third-order valence-corrected chi connectivity index (χ3v) is 3.75. The van der Waals surface area contributed by atoms with E-state index < -0.39 is 0 Å². The Hall–Kier alpha value is -1.15. The van der Waals surface area contributed by atoms with Gasteiger partial charge in [-0.1, -0.05) is 37.6 Å². The molecule has 2 nitrogen and oxygen atoms in total. The van der Waals surface area contributed by atoms with Crippen molar-refractivity contribution in [2.75, 3.05) is 6.54 Å². The Morgan fingerprint density at radius 3 is 2.47 bits per heavy atom. The standard InChI is InChI=1S/C15H21NO/c1-11(10-16)9-15(17)14-7-5-13(6-8-14)12-3-2-4-12/h5-8,11-12H,2-4,9-10,16H2,1H3. The average Bonchev–Trinajstić information content (AvgIpc) is 2.27. The van der Waals surface area contributed by atoms with Gasteiger partial charge in [0.1, 0.15) is 0 Å². The summed E-state index contributed by atoms with van der Waals surface area (Å²) in [5.74, 6) is 1.22. The Labute approximate surface area is 103 Å². The third kappa shape index (κ3) is 2.95. The minimum Gasteiger partial charge on any atom is -0.330 e. The lowest BCUT2D eigenvalue weighted by Gasteiger charge is -2.25. The summed E-state index contributed by atoms with van der Waals surface area (Å²) in [4.78, 5) is 11.9. The van der Waals surface area contributed by atoms with Crippen LogP contribution in [0.5, 0.6) is 0 Å². The highest BCUT2D eigenvalue weighted by Gasteiger charge is 2.19. The van der Waals surface area contributed by atoms with Crippen LogP contribution in [0.2, 0.25) is 0 Å². The minimum absolute atomic E-state index is 0.211. The van der Waals surface area contributed by atoms with Crippen molar-refractivity contribution in [2.24, 2.45) is 11.7 Å². The Morgan fingerprint density at radius 2 is 2.00 bits per heavy atom. The third-order valence-electron chi connectivity index (χ3n) is 3.75. The average molecular weight is 231 g/mol. The zero-order chi connectivity index (χ0) is 12.3. The molecule has 17 heavy (non-hydrogen) atoms. The van der Waals surface area contributed by atoms with Gasteiger partial charge < -0.3 is 5.73 Å². The van der Waals surface area contributed by atoms with Crippen molar-refractivity contribution in [2.45, 2.75) is 38.5 Å². The predicted octanol–water partition coefficient (Wildman–Crippen LogP) is 3.12. The molecule has 1 fully saturated rings.